The second kappa shape index (κ2) is 5.13. The highest BCUT2D eigenvalue weighted by molar-refractivity contribution is 7.12. The van der Waals surface area contributed by atoms with Gasteiger partial charge in [-0.25, -0.2) is 0 Å². The van der Waals surface area contributed by atoms with Crippen LogP contribution in [0.2, 0.25) is 0 Å². The van der Waals surface area contributed by atoms with Gasteiger partial charge in [-0.15, -0.1) is 11.3 Å². The Hall–Kier alpha value is -0.640. The zero-order chi connectivity index (χ0) is 11.5. The normalized spacial score (nSPS) is 12.9. The van der Waals surface area contributed by atoms with E-state index < -0.39 is 0 Å². The summed E-state index contributed by atoms with van der Waals surface area (Å²) in [5.41, 5.74) is 2.61. The summed E-state index contributed by atoms with van der Waals surface area (Å²) in [6.07, 6.45) is 1.47. The third-order valence-electron chi connectivity index (χ3n) is 2.80. The molecule has 0 aliphatic carbocycles. The Morgan fingerprint density at radius 2 is 2.19 bits per heavy atom. The second-order valence-electron chi connectivity index (χ2n) is 4.07. The Labute approximate surface area is 104 Å². The van der Waals surface area contributed by atoms with Crippen molar-refractivity contribution in [2.24, 2.45) is 0 Å². The van der Waals surface area contributed by atoms with Crippen molar-refractivity contribution in [2.75, 3.05) is 0 Å². The number of rotatable bonds is 4. The highest BCUT2D eigenvalue weighted by Crippen LogP contribution is 2.29. The summed E-state index contributed by atoms with van der Waals surface area (Å²) < 4.78 is 0. The van der Waals surface area contributed by atoms with Gasteiger partial charge >= 0.3 is 0 Å². The largest absolute Gasteiger partial charge is 0.388 e. The molecule has 0 aromatic carbocycles. The van der Waals surface area contributed by atoms with Gasteiger partial charge in [0.05, 0.1) is 6.10 Å². The average Bonchev–Trinajstić information content (AvgIpc) is 2.86. The molecule has 86 valence electrons. The molecular formula is C13H16OS2. The van der Waals surface area contributed by atoms with Gasteiger partial charge in [0.1, 0.15) is 0 Å². The van der Waals surface area contributed by atoms with Gasteiger partial charge in [0.25, 0.3) is 0 Å². The van der Waals surface area contributed by atoms with E-state index >= 15 is 0 Å². The molecule has 0 spiro atoms. The quantitative estimate of drug-likeness (QED) is 0.869. The number of aryl methyl sites for hydroxylation is 3. The van der Waals surface area contributed by atoms with Crippen molar-refractivity contribution in [1.82, 2.24) is 0 Å². The molecule has 0 aliphatic rings. The van der Waals surface area contributed by atoms with Crippen LogP contribution in [0.15, 0.2) is 22.9 Å². The summed E-state index contributed by atoms with van der Waals surface area (Å²) in [5, 5.41) is 14.3. The zero-order valence-corrected chi connectivity index (χ0v) is 11.2. The summed E-state index contributed by atoms with van der Waals surface area (Å²) in [6, 6.07) is 4.24. The SMILES string of the molecule is Cc1cc(C(O)CCc2ccsc2)sc1C. The molecule has 2 aromatic rings. The van der Waals surface area contributed by atoms with Crippen molar-refractivity contribution in [3.05, 3.63) is 43.8 Å². The molecule has 0 aliphatic heterocycles. The van der Waals surface area contributed by atoms with Crippen molar-refractivity contribution in [1.29, 1.82) is 0 Å². The number of aliphatic hydroxyl groups is 1. The van der Waals surface area contributed by atoms with Crippen LogP contribution in [-0.4, -0.2) is 5.11 Å². The predicted octanol–water partition coefficient (Wildman–Crippen LogP) is 4.09. The van der Waals surface area contributed by atoms with E-state index in [0.717, 1.165) is 17.7 Å². The first-order valence-corrected chi connectivity index (χ1v) is 7.19. The molecule has 2 heterocycles. The Morgan fingerprint density at radius 1 is 1.38 bits per heavy atom. The zero-order valence-electron chi connectivity index (χ0n) is 9.56. The first-order valence-electron chi connectivity index (χ1n) is 5.43. The van der Waals surface area contributed by atoms with E-state index in [9.17, 15) is 5.11 Å². The van der Waals surface area contributed by atoms with E-state index in [1.165, 1.54) is 16.0 Å². The van der Waals surface area contributed by atoms with Crippen LogP contribution in [0, 0.1) is 13.8 Å². The van der Waals surface area contributed by atoms with Gasteiger partial charge in [-0.2, -0.15) is 11.3 Å². The number of hydrogen-bond acceptors (Lipinski definition) is 3. The first-order chi connectivity index (χ1) is 7.66. The molecule has 0 bridgehead atoms. The van der Waals surface area contributed by atoms with Crippen molar-refractivity contribution in [3.63, 3.8) is 0 Å². The van der Waals surface area contributed by atoms with Crippen LogP contribution in [0.25, 0.3) is 0 Å². The molecule has 0 radical (unpaired) electrons. The van der Waals surface area contributed by atoms with Crippen LogP contribution in [-0.2, 0) is 6.42 Å². The summed E-state index contributed by atoms with van der Waals surface area (Å²) in [4.78, 5) is 2.41. The van der Waals surface area contributed by atoms with E-state index in [2.05, 4.69) is 36.7 Å². The van der Waals surface area contributed by atoms with Gasteiger partial charge in [0.15, 0.2) is 0 Å². The molecule has 0 saturated heterocycles. The third kappa shape index (κ3) is 2.73. The smallest absolute Gasteiger partial charge is 0.0885 e. The number of aliphatic hydroxyl groups excluding tert-OH is 1. The highest BCUT2D eigenvalue weighted by Gasteiger charge is 2.11. The van der Waals surface area contributed by atoms with Crippen molar-refractivity contribution < 1.29 is 5.11 Å². The maximum atomic E-state index is 10.1. The van der Waals surface area contributed by atoms with Gasteiger partial charge in [0.2, 0.25) is 0 Å². The minimum atomic E-state index is -0.308. The van der Waals surface area contributed by atoms with Crippen LogP contribution in [0.3, 0.4) is 0 Å². The Morgan fingerprint density at radius 3 is 2.75 bits per heavy atom. The molecule has 1 nitrogen and oxygen atoms in total. The maximum Gasteiger partial charge on any atom is 0.0885 e. The minimum Gasteiger partial charge on any atom is -0.388 e. The van der Waals surface area contributed by atoms with Gasteiger partial charge in [-0.05, 0) is 60.7 Å². The van der Waals surface area contributed by atoms with E-state index in [1.54, 1.807) is 22.7 Å². The lowest BCUT2D eigenvalue weighted by Crippen LogP contribution is -1.96. The van der Waals surface area contributed by atoms with Gasteiger partial charge in [-0.3, -0.25) is 0 Å². The monoisotopic (exact) mass is 252 g/mol. The molecule has 0 fully saturated rings. The standard InChI is InChI=1S/C13H16OS2/c1-9-7-13(16-10(9)2)12(14)4-3-11-5-6-15-8-11/h5-8,12,14H,3-4H2,1-2H3. The lowest BCUT2D eigenvalue weighted by molar-refractivity contribution is 0.171. The second-order valence-corrected chi connectivity index (χ2v) is 6.14. The van der Waals surface area contributed by atoms with Crippen molar-refractivity contribution in [2.45, 2.75) is 32.8 Å². The fraction of sp³-hybridized carbons (Fsp3) is 0.385. The van der Waals surface area contributed by atoms with Crippen molar-refractivity contribution in [3.8, 4) is 0 Å². The average molecular weight is 252 g/mol. The maximum absolute atomic E-state index is 10.1. The first kappa shape index (κ1) is 11.8. The van der Waals surface area contributed by atoms with E-state index in [0.29, 0.717) is 0 Å². The molecule has 1 atom stereocenters. The molecule has 2 rings (SSSR count). The Bertz CT molecular complexity index is 423. The highest BCUT2D eigenvalue weighted by atomic mass is 32.1. The summed E-state index contributed by atoms with van der Waals surface area (Å²) in [6.45, 7) is 4.20. The molecular weight excluding hydrogens is 236 g/mol. The molecule has 0 saturated carbocycles. The summed E-state index contributed by atoms with van der Waals surface area (Å²) >= 11 is 3.43. The summed E-state index contributed by atoms with van der Waals surface area (Å²) in [7, 11) is 0. The van der Waals surface area contributed by atoms with Crippen LogP contribution in [0.5, 0.6) is 0 Å². The van der Waals surface area contributed by atoms with Crippen LogP contribution >= 0.6 is 22.7 Å². The van der Waals surface area contributed by atoms with Crippen LogP contribution in [0.1, 0.15) is 33.4 Å². The van der Waals surface area contributed by atoms with Crippen molar-refractivity contribution >= 4 is 22.7 Å². The Balaban J connectivity index is 1.95. The summed E-state index contributed by atoms with van der Waals surface area (Å²) in [5.74, 6) is 0. The fourth-order valence-electron chi connectivity index (χ4n) is 1.65. The molecule has 2 aromatic heterocycles. The van der Waals surface area contributed by atoms with E-state index in [4.69, 9.17) is 0 Å². The van der Waals surface area contributed by atoms with Gasteiger partial charge < -0.3 is 5.11 Å². The van der Waals surface area contributed by atoms with E-state index in [1.807, 2.05) is 0 Å². The molecule has 3 heteroatoms. The van der Waals surface area contributed by atoms with Gasteiger partial charge in [-0.1, -0.05) is 0 Å². The molecule has 1 N–H and O–H groups in total. The third-order valence-corrected chi connectivity index (χ3v) is 4.79. The lowest BCUT2D eigenvalue weighted by atomic mass is 10.1. The lowest BCUT2D eigenvalue weighted by Gasteiger charge is -2.06. The van der Waals surface area contributed by atoms with E-state index in [-0.39, 0.29) is 6.10 Å². The fourth-order valence-corrected chi connectivity index (χ4v) is 3.41. The Kier molecular flexibility index (Phi) is 3.79. The van der Waals surface area contributed by atoms with Gasteiger partial charge in [0, 0.05) is 9.75 Å². The van der Waals surface area contributed by atoms with Crippen LogP contribution < -0.4 is 0 Å². The number of hydrogen-bond donors (Lipinski definition) is 1. The molecule has 1 unspecified atom stereocenters. The predicted molar refractivity (Wildman–Crippen MR) is 71.4 cm³/mol. The van der Waals surface area contributed by atoms with Crippen LogP contribution in [0.4, 0.5) is 0 Å². The molecule has 0 amide bonds. The topological polar surface area (TPSA) is 20.2 Å². The molecule has 16 heavy (non-hydrogen) atoms. The number of thiophene rings is 2. The minimum absolute atomic E-state index is 0.308.